The van der Waals surface area contributed by atoms with E-state index in [2.05, 4.69) is 10.1 Å². The number of aromatic nitrogens is 3. The van der Waals surface area contributed by atoms with E-state index in [1.807, 2.05) is 42.8 Å². The number of Topliss-reactive ketones (excluding diaryl/α,β-unsaturated/α-hetero) is 1. The summed E-state index contributed by atoms with van der Waals surface area (Å²) in [5, 5.41) is 6.16. The Bertz CT molecular complexity index is 924. The number of ether oxygens (including phenoxy) is 1. The molecule has 2 aromatic heterocycles. The second-order valence-corrected chi connectivity index (χ2v) is 6.68. The van der Waals surface area contributed by atoms with Crippen LogP contribution in [0.4, 0.5) is 0 Å². The summed E-state index contributed by atoms with van der Waals surface area (Å²) in [6.07, 6.45) is 5.22. The number of rotatable bonds is 4. The molecular weight excluding hydrogens is 334 g/mol. The van der Waals surface area contributed by atoms with Gasteiger partial charge in [0.15, 0.2) is 5.78 Å². The second-order valence-electron chi connectivity index (χ2n) is 5.96. The van der Waals surface area contributed by atoms with E-state index in [4.69, 9.17) is 4.74 Å². The van der Waals surface area contributed by atoms with Crippen LogP contribution in [-0.2, 0) is 20.1 Å². The fraction of sp³-hybridized carbons (Fsp3) is 0.211. The maximum atomic E-state index is 12.6. The molecule has 0 bridgehead atoms. The van der Waals surface area contributed by atoms with E-state index in [1.165, 1.54) is 0 Å². The molecule has 0 atom stereocenters. The number of aryl methyl sites for hydroxylation is 1. The van der Waals surface area contributed by atoms with E-state index in [0.717, 1.165) is 46.7 Å². The minimum atomic E-state index is 0.0817. The van der Waals surface area contributed by atoms with Crippen molar-refractivity contribution in [1.29, 1.82) is 0 Å². The number of carbonyl (C=O) groups excluding carboxylic acids is 1. The Morgan fingerprint density at radius 3 is 2.88 bits per heavy atom. The lowest BCUT2D eigenvalue weighted by Crippen LogP contribution is -2.14. The van der Waals surface area contributed by atoms with Crippen molar-refractivity contribution in [2.45, 2.75) is 19.4 Å². The maximum absolute atomic E-state index is 12.6. The van der Waals surface area contributed by atoms with Gasteiger partial charge in [-0.25, -0.2) is 4.98 Å². The van der Waals surface area contributed by atoms with Crippen molar-refractivity contribution >= 4 is 23.2 Å². The molecule has 1 aromatic carbocycles. The number of thiazole rings is 1. The molecule has 4 rings (SSSR count). The predicted octanol–water partition coefficient (Wildman–Crippen LogP) is 3.67. The van der Waals surface area contributed by atoms with Gasteiger partial charge in [-0.2, -0.15) is 5.10 Å². The number of nitrogens with zero attached hydrogens (tertiary/aromatic N) is 3. The molecule has 126 valence electrons. The fourth-order valence-electron chi connectivity index (χ4n) is 2.95. The summed E-state index contributed by atoms with van der Waals surface area (Å²) in [4.78, 5) is 16.8. The summed E-state index contributed by atoms with van der Waals surface area (Å²) < 4.78 is 7.50. The molecule has 0 unspecified atom stereocenters. The van der Waals surface area contributed by atoms with Crippen molar-refractivity contribution in [2.24, 2.45) is 7.05 Å². The number of benzene rings is 1. The van der Waals surface area contributed by atoms with E-state index in [1.54, 1.807) is 27.7 Å². The molecule has 6 heteroatoms. The molecule has 0 radical (unpaired) electrons. The van der Waals surface area contributed by atoms with Gasteiger partial charge in [0.25, 0.3) is 0 Å². The Morgan fingerprint density at radius 2 is 2.12 bits per heavy atom. The molecule has 0 aliphatic heterocycles. The Hall–Kier alpha value is -2.73. The minimum absolute atomic E-state index is 0.0817. The van der Waals surface area contributed by atoms with E-state index in [0.29, 0.717) is 6.61 Å². The minimum Gasteiger partial charge on any atom is -0.487 e. The molecule has 0 saturated heterocycles. The molecule has 25 heavy (non-hydrogen) atoms. The number of carbonyl (C=O) groups is 1. The third-order valence-electron chi connectivity index (χ3n) is 4.32. The average Bonchev–Trinajstić information content (AvgIpc) is 3.27. The van der Waals surface area contributed by atoms with E-state index >= 15 is 0 Å². The molecule has 1 aliphatic rings. The Morgan fingerprint density at radius 1 is 1.28 bits per heavy atom. The lowest BCUT2D eigenvalue weighted by molar-refractivity contribution is 0.102. The van der Waals surface area contributed by atoms with E-state index in [-0.39, 0.29) is 5.78 Å². The quantitative estimate of drug-likeness (QED) is 0.673. The van der Waals surface area contributed by atoms with E-state index < -0.39 is 0 Å². The van der Waals surface area contributed by atoms with Crippen molar-refractivity contribution in [3.05, 3.63) is 69.4 Å². The standard InChI is InChI=1S/C19H17N3O2S/c1-22-18-7-4-14(19(23)17(18)9-21-22)8-13-2-5-16(6-3-13)24-10-15-11-25-12-20-15/h2-3,5-6,8-9,11-12H,4,7,10H2,1H3. The predicted molar refractivity (Wildman–Crippen MR) is 96.7 cm³/mol. The van der Waals surface area contributed by atoms with Crippen LogP contribution in [0.1, 0.15) is 33.7 Å². The van der Waals surface area contributed by atoms with Gasteiger partial charge in [-0.1, -0.05) is 12.1 Å². The molecule has 1 aliphatic carbocycles. The smallest absolute Gasteiger partial charge is 0.192 e. The fourth-order valence-corrected chi connectivity index (χ4v) is 3.50. The lowest BCUT2D eigenvalue weighted by Gasteiger charge is -2.14. The SMILES string of the molecule is Cn1ncc2c1CCC(=Cc1ccc(OCc3cscn3)cc1)C2=O. The first-order valence-corrected chi connectivity index (χ1v) is 9.01. The van der Waals surface area contributed by atoms with Gasteiger partial charge in [0.2, 0.25) is 0 Å². The van der Waals surface area contributed by atoms with Crippen LogP contribution in [-0.4, -0.2) is 20.5 Å². The highest BCUT2D eigenvalue weighted by Crippen LogP contribution is 2.26. The van der Waals surface area contributed by atoms with Crippen LogP contribution in [0.3, 0.4) is 0 Å². The van der Waals surface area contributed by atoms with Crippen molar-refractivity contribution < 1.29 is 9.53 Å². The zero-order valence-electron chi connectivity index (χ0n) is 13.8. The molecule has 0 spiro atoms. The second kappa shape index (κ2) is 6.64. The van der Waals surface area contributed by atoms with Gasteiger partial charge < -0.3 is 4.74 Å². The van der Waals surface area contributed by atoms with Gasteiger partial charge in [0.1, 0.15) is 12.4 Å². The van der Waals surface area contributed by atoms with Crippen molar-refractivity contribution in [3.63, 3.8) is 0 Å². The molecule has 5 nitrogen and oxygen atoms in total. The number of fused-ring (bicyclic) bond motifs is 1. The van der Waals surface area contributed by atoms with Gasteiger partial charge >= 0.3 is 0 Å². The van der Waals surface area contributed by atoms with Crippen LogP contribution in [0.2, 0.25) is 0 Å². The number of ketones is 1. The molecule has 2 heterocycles. The summed E-state index contributed by atoms with van der Waals surface area (Å²) in [7, 11) is 1.88. The molecular formula is C19H17N3O2S. The topological polar surface area (TPSA) is 57.0 Å². The van der Waals surface area contributed by atoms with Gasteiger partial charge in [0.05, 0.1) is 23.0 Å². The third-order valence-corrected chi connectivity index (χ3v) is 4.96. The van der Waals surface area contributed by atoms with E-state index in [9.17, 15) is 4.79 Å². The molecule has 0 amide bonds. The summed E-state index contributed by atoms with van der Waals surface area (Å²) in [6.45, 7) is 0.464. The van der Waals surface area contributed by atoms with Crippen LogP contribution in [0.5, 0.6) is 5.75 Å². The van der Waals surface area contributed by atoms with Crippen LogP contribution in [0.15, 0.2) is 46.9 Å². The Kier molecular flexibility index (Phi) is 4.19. The average molecular weight is 351 g/mol. The van der Waals surface area contributed by atoms with Crippen molar-refractivity contribution in [2.75, 3.05) is 0 Å². The number of allylic oxidation sites excluding steroid dienone is 1. The van der Waals surface area contributed by atoms with Crippen LogP contribution >= 0.6 is 11.3 Å². The monoisotopic (exact) mass is 351 g/mol. The maximum Gasteiger partial charge on any atom is 0.192 e. The van der Waals surface area contributed by atoms with Gasteiger partial charge in [-0.3, -0.25) is 9.48 Å². The Balaban J connectivity index is 1.47. The molecule has 3 aromatic rings. The Labute approximate surface area is 149 Å². The largest absolute Gasteiger partial charge is 0.487 e. The van der Waals surface area contributed by atoms with Crippen molar-refractivity contribution in [1.82, 2.24) is 14.8 Å². The van der Waals surface area contributed by atoms with Crippen LogP contribution in [0.25, 0.3) is 6.08 Å². The highest BCUT2D eigenvalue weighted by Gasteiger charge is 2.24. The zero-order chi connectivity index (χ0) is 17.2. The highest BCUT2D eigenvalue weighted by molar-refractivity contribution is 7.07. The normalized spacial score (nSPS) is 15.4. The highest BCUT2D eigenvalue weighted by atomic mass is 32.1. The summed E-state index contributed by atoms with van der Waals surface area (Å²) in [5.41, 5.74) is 6.30. The first-order chi connectivity index (χ1) is 12.2. The van der Waals surface area contributed by atoms with Crippen molar-refractivity contribution in [3.8, 4) is 5.75 Å². The summed E-state index contributed by atoms with van der Waals surface area (Å²) >= 11 is 1.56. The van der Waals surface area contributed by atoms with Gasteiger partial charge in [-0.15, -0.1) is 11.3 Å². The van der Waals surface area contributed by atoms with Gasteiger partial charge in [-0.05, 0) is 36.6 Å². The zero-order valence-corrected chi connectivity index (χ0v) is 14.6. The molecule has 0 N–H and O–H groups in total. The van der Waals surface area contributed by atoms with Gasteiger partial charge in [0, 0.05) is 23.7 Å². The van der Waals surface area contributed by atoms with Crippen LogP contribution in [0, 0.1) is 0 Å². The summed E-state index contributed by atoms with van der Waals surface area (Å²) in [5.74, 6) is 0.873. The molecule has 0 fully saturated rings. The van der Waals surface area contributed by atoms with Crippen LogP contribution < -0.4 is 4.74 Å². The third kappa shape index (κ3) is 3.25. The molecule has 0 saturated carbocycles. The number of hydrogen-bond donors (Lipinski definition) is 0. The lowest BCUT2D eigenvalue weighted by atomic mass is 9.90. The first kappa shape index (κ1) is 15.8. The first-order valence-electron chi connectivity index (χ1n) is 8.07. The summed E-state index contributed by atoms with van der Waals surface area (Å²) in [6, 6.07) is 7.77. The number of hydrogen-bond acceptors (Lipinski definition) is 5.